The molecule has 0 aliphatic carbocycles. The summed E-state index contributed by atoms with van der Waals surface area (Å²) < 4.78 is 10.1. The van der Waals surface area contributed by atoms with E-state index in [9.17, 15) is 14.4 Å². The zero-order valence-corrected chi connectivity index (χ0v) is 15.3. The van der Waals surface area contributed by atoms with Crippen molar-refractivity contribution < 1.29 is 23.9 Å². The first kappa shape index (κ1) is 19.8. The molecule has 0 unspecified atom stereocenters. The molecule has 0 heterocycles. The van der Waals surface area contributed by atoms with Crippen LogP contribution >= 0.6 is 23.2 Å². The first-order valence-corrected chi connectivity index (χ1v) is 8.25. The highest BCUT2D eigenvalue weighted by Crippen LogP contribution is 2.24. The van der Waals surface area contributed by atoms with Crippen LogP contribution in [0.5, 0.6) is 5.75 Å². The number of rotatable bonds is 7. The minimum Gasteiger partial charge on any atom is -0.482 e. The van der Waals surface area contributed by atoms with Crippen LogP contribution in [0.3, 0.4) is 0 Å². The number of amides is 1. The summed E-state index contributed by atoms with van der Waals surface area (Å²) in [7, 11) is 0. The summed E-state index contributed by atoms with van der Waals surface area (Å²) >= 11 is 11.6. The molecule has 2 rings (SSSR count). The number of ketones is 1. The lowest BCUT2D eigenvalue weighted by Gasteiger charge is -2.09. The van der Waals surface area contributed by atoms with E-state index in [1.54, 1.807) is 24.3 Å². The first-order valence-electron chi connectivity index (χ1n) is 7.49. The Kier molecular flexibility index (Phi) is 7.00. The van der Waals surface area contributed by atoms with Crippen LogP contribution in [-0.4, -0.2) is 30.9 Å². The molecule has 8 heteroatoms. The van der Waals surface area contributed by atoms with Crippen molar-refractivity contribution >= 4 is 46.5 Å². The van der Waals surface area contributed by atoms with Gasteiger partial charge in [0.1, 0.15) is 5.75 Å². The Labute approximate surface area is 160 Å². The molecule has 26 heavy (non-hydrogen) atoms. The van der Waals surface area contributed by atoms with Gasteiger partial charge in [-0.05, 0) is 37.3 Å². The standard InChI is InChI=1S/C18H15Cl2NO5/c1-11(22)12-3-2-4-14(7-12)25-10-18(24)26-9-17(23)21-13-5-6-15(19)16(20)8-13/h2-8H,9-10H2,1H3,(H,21,23). The van der Waals surface area contributed by atoms with Crippen LogP contribution in [0.25, 0.3) is 0 Å². The third kappa shape index (κ3) is 6.06. The molecule has 0 aromatic heterocycles. The molecule has 0 aliphatic heterocycles. The summed E-state index contributed by atoms with van der Waals surface area (Å²) in [5.74, 6) is -1.01. The number of halogens is 2. The highest BCUT2D eigenvalue weighted by molar-refractivity contribution is 6.42. The summed E-state index contributed by atoms with van der Waals surface area (Å²) in [4.78, 5) is 34.7. The third-order valence-electron chi connectivity index (χ3n) is 3.16. The van der Waals surface area contributed by atoms with Gasteiger partial charge in [0.15, 0.2) is 19.0 Å². The minimum absolute atomic E-state index is 0.114. The van der Waals surface area contributed by atoms with Crippen molar-refractivity contribution in [2.24, 2.45) is 0 Å². The van der Waals surface area contributed by atoms with Crippen molar-refractivity contribution in [3.63, 3.8) is 0 Å². The van der Waals surface area contributed by atoms with Gasteiger partial charge in [0.25, 0.3) is 5.91 Å². The van der Waals surface area contributed by atoms with E-state index in [2.05, 4.69) is 5.32 Å². The van der Waals surface area contributed by atoms with Crippen molar-refractivity contribution in [2.75, 3.05) is 18.5 Å². The zero-order chi connectivity index (χ0) is 19.1. The lowest BCUT2D eigenvalue weighted by Crippen LogP contribution is -2.23. The van der Waals surface area contributed by atoms with Gasteiger partial charge in [0.2, 0.25) is 0 Å². The largest absolute Gasteiger partial charge is 0.482 e. The van der Waals surface area contributed by atoms with Crippen LogP contribution in [0, 0.1) is 0 Å². The molecule has 136 valence electrons. The Balaban J connectivity index is 1.77. The number of Topliss-reactive ketones (excluding diaryl/α,β-unsaturated/α-hetero) is 1. The van der Waals surface area contributed by atoms with E-state index >= 15 is 0 Å². The number of hydrogen-bond donors (Lipinski definition) is 1. The molecular weight excluding hydrogens is 381 g/mol. The van der Waals surface area contributed by atoms with Crippen molar-refractivity contribution in [1.82, 2.24) is 0 Å². The summed E-state index contributed by atoms with van der Waals surface area (Å²) in [6, 6.07) is 11.0. The highest BCUT2D eigenvalue weighted by Gasteiger charge is 2.10. The average Bonchev–Trinajstić information content (AvgIpc) is 2.61. The first-order chi connectivity index (χ1) is 12.3. The number of ether oxygens (including phenoxy) is 2. The van der Waals surface area contributed by atoms with Gasteiger partial charge < -0.3 is 14.8 Å². The topological polar surface area (TPSA) is 81.7 Å². The molecular formula is C18H15Cl2NO5. The van der Waals surface area contributed by atoms with Crippen molar-refractivity contribution in [3.8, 4) is 5.75 Å². The monoisotopic (exact) mass is 395 g/mol. The number of nitrogens with one attached hydrogen (secondary N) is 1. The van der Waals surface area contributed by atoms with Gasteiger partial charge in [-0.15, -0.1) is 0 Å². The molecule has 0 radical (unpaired) electrons. The predicted octanol–water partition coefficient (Wildman–Crippen LogP) is 3.76. The molecule has 0 saturated heterocycles. The number of benzene rings is 2. The second-order valence-electron chi connectivity index (χ2n) is 5.21. The molecule has 0 bridgehead atoms. The van der Waals surface area contributed by atoms with Gasteiger partial charge in [0, 0.05) is 11.3 Å². The molecule has 1 N–H and O–H groups in total. The number of carbonyl (C=O) groups excluding carboxylic acids is 3. The number of anilines is 1. The fraction of sp³-hybridized carbons (Fsp3) is 0.167. The Hall–Kier alpha value is -2.57. The molecule has 0 aliphatic rings. The molecule has 2 aromatic rings. The maximum atomic E-state index is 11.8. The summed E-state index contributed by atoms with van der Waals surface area (Å²) in [5, 5.41) is 3.18. The van der Waals surface area contributed by atoms with E-state index in [0.29, 0.717) is 27.0 Å². The number of hydrogen-bond acceptors (Lipinski definition) is 5. The smallest absolute Gasteiger partial charge is 0.344 e. The van der Waals surface area contributed by atoms with Crippen molar-refractivity contribution in [3.05, 3.63) is 58.1 Å². The SMILES string of the molecule is CC(=O)c1cccc(OCC(=O)OCC(=O)Nc2ccc(Cl)c(Cl)c2)c1. The average molecular weight is 396 g/mol. The maximum Gasteiger partial charge on any atom is 0.344 e. The van der Waals surface area contributed by atoms with Gasteiger partial charge in [-0.3, -0.25) is 9.59 Å². The summed E-state index contributed by atoms with van der Waals surface area (Å²) in [6.07, 6.45) is 0. The second kappa shape index (κ2) is 9.22. The van der Waals surface area contributed by atoms with Crippen molar-refractivity contribution in [2.45, 2.75) is 6.92 Å². The third-order valence-corrected chi connectivity index (χ3v) is 3.90. The molecule has 6 nitrogen and oxygen atoms in total. The lowest BCUT2D eigenvalue weighted by molar-refractivity contribution is -0.149. The Morgan fingerprint density at radius 1 is 1.00 bits per heavy atom. The van der Waals surface area contributed by atoms with E-state index < -0.39 is 18.5 Å². The van der Waals surface area contributed by atoms with Crippen LogP contribution < -0.4 is 10.1 Å². The van der Waals surface area contributed by atoms with Gasteiger partial charge in [-0.2, -0.15) is 0 Å². The fourth-order valence-electron chi connectivity index (χ4n) is 1.91. The van der Waals surface area contributed by atoms with E-state index in [-0.39, 0.29) is 12.4 Å². The van der Waals surface area contributed by atoms with Crippen LogP contribution in [0.1, 0.15) is 17.3 Å². The molecule has 0 saturated carbocycles. The van der Waals surface area contributed by atoms with Gasteiger partial charge >= 0.3 is 5.97 Å². The molecule has 0 atom stereocenters. The van der Waals surface area contributed by atoms with E-state index in [0.717, 1.165) is 0 Å². The minimum atomic E-state index is -0.720. The fourth-order valence-corrected chi connectivity index (χ4v) is 2.20. The van der Waals surface area contributed by atoms with Gasteiger partial charge in [-0.1, -0.05) is 35.3 Å². The molecule has 2 aromatic carbocycles. The molecule has 0 fully saturated rings. The van der Waals surface area contributed by atoms with Crippen LogP contribution in [0.2, 0.25) is 10.0 Å². The normalized spacial score (nSPS) is 10.1. The Bertz CT molecular complexity index is 838. The predicted molar refractivity (Wildman–Crippen MR) is 98.0 cm³/mol. The van der Waals surface area contributed by atoms with Crippen LogP contribution in [0.15, 0.2) is 42.5 Å². The summed E-state index contributed by atoms with van der Waals surface area (Å²) in [5.41, 5.74) is 0.898. The Morgan fingerprint density at radius 3 is 2.46 bits per heavy atom. The Morgan fingerprint density at radius 2 is 1.77 bits per heavy atom. The molecule has 0 spiro atoms. The molecule has 1 amide bonds. The van der Waals surface area contributed by atoms with E-state index in [1.165, 1.54) is 25.1 Å². The van der Waals surface area contributed by atoms with E-state index in [4.69, 9.17) is 32.7 Å². The van der Waals surface area contributed by atoms with Gasteiger partial charge in [0.05, 0.1) is 10.0 Å². The lowest BCUT2D eigenvalue weighted by atomic mass is 10.1. The maximum absolute atomic E-state index is 11.8. The number of carbonyl (C=O) groups is 3. The summed E-state index contributed by atoms with van der Waals surface area (Å²) in [6.45, 7) is 0.567. The zero-order valence-electron chi connectivity index (χ0n) is 13.8. The quantitative estimate of drug-likeness (QED) is 0.570. The van der Waals surface area contributed by atoms with Crippen LogP contribution in [0.4, 0.5) is 5.69 Å². The number of esters is 1. The second-order valence-corrected chi connectivity index (χ2v) is 6.02. The van der Waals surface area contributed by atoms with Crippen LogP contribution in [-0.2, 0) is 14.3 Å². The highest BCUT2D eigenvalue weighted by atomic mass is 35.5. The van der Waals surface area contributed by atoms with Gasteiger partial charge in [-0.25, -0.2) is 4.79 Å². The van der Waals surface area contributed by atoms with Crippen molar-refractivity contribution in [1.29, 1.82) is 0 Å². The van der Waals surface area contributed by atoms with E-state index in [1.807, 2.05) is 0 Å².